The van der Waals surface area contributed by atoms with E-state index < -0.39 is 0 Å². The highest BCUT2D eigenvalue weighted by Crippen LogP contribution is 2.24. The van der Waals surface area contributed by atoms with Gasteiger partial charge < -0.3 is 15.5 Å². The van der Waals surface area contributed by atoms with Gasteiger partial charge in [-0.1, -0.05) is 31.0 Å². The van der Waals surface area contributed by atoms with Gasteiger partial charge in [-0.15, -0.1) is 0 Å². The summed E-state index contributed by atoms with van der Waals surface area (Å²) in [6.07, 6.45) is 6.10. The highest BCUT2D eigenvalue weighted by Gasteiger charge is 2.25. The van der Waals surface area contributed by atoms with Crippen molar-refractivity contribution >= 4 is 11.6 Å². The molecule has 2 N–H and O–H groups in total. The molecular weight excluding hydrogens is 262 g/mol. The molecule has 2 heterocycles. The molecule has 1 atom stereocenters. The van der Waals surface area contributed by atoms with Gasteiger partial charge in [0.1, 0.15) is 6.04 Å². The van der Waals surface area contributed by atoms with Crippen LogP contribution in [-0.4, -0.2) is 43.0 Å². The van der Waals surface area contributed by atoms with Gasteiger partial charge in [0.2, 0.25) is 5.91 Å². The molecule has 2 aliphatic heterocycles. The standard InChI is InChI=1S/C17H25N3O/c21-17(16-13-14-7-3-4-8-15(14)19-16)18-9-12-20-10-5-1-2-6-11-20/h3-4,7-8,16,19H,1-2,5-6,9-13H2,(H,18,21). The summed E-state index contributed by atoms with van der Waals surface area (Å²) in [6, 6.07) is 8.06. The molecule has 0 spiro atoms. The average molecular weight is 287 g/mol. The van der Waals surface area contributed by atoms with E-state index in [4.69, 9.17) is 0 Å². The van der Waals surface area contributed by atoms with Crippen LogP contribution in [0.25, 0.3) is 0 Å². The maximum Gasteiger partial charge on any atom is 0.242 e. The monoisotopic (exact) mass is 287 g/mol. The van der Waals surface area contributed by atoms with Crippen LogP contribution in [-0.2, 0) is 11.2 Å². The Hall–Kier alpha value is -1.55. The van der Waals surface area contributed by atoms with Crippen molar-refractivity contribution in [2.75, 3.05) is 31.5 Å². The van der Waals surface area contributed by atoms with Gasteiger partial charge in [-0.25, -0.2) is 0 Å². The lowest BCUT2D eigenvalue weighted by Crippen LogP contribution is -2.42. The predicted octanol–water partition coefficient (Wildman–Crippen LogP) is 2.02. The zero-order valence-electron chi connectivity index (χ0n) is 12.6. The molecule has 4 nitrogen and oxygen atoms in total. The summed E-state index contributed by atoms with van der Waals surface area (Å²) in [7, 11) is 0. The zero-order valence-corrected chi connectivity index (χ0v) is 12.6. The summed E-state index contributed by atoms with van der Waals surface area (Å²) in [5, 5.41) is 6.39. The van der Waals surface area contributed by atoms with Crippen LogP contribution >= 0.6 is 0 Å². The summed E-state index contributed by atoms with van der Waals surface area (Å²) in [5.74, 6) is 0.126. The second-order valence-corrected chi connectivity index (χ2v) is 6.11. The lowest BCUT2D eigenvalue weighted by Gasteiger charge is -2.20. The Labute approximate surface area is 126 Å². The van der Waals surface area contributed by atoms with Crippen molar-refractivity contribution in [1.29, 1.82) is 0 Å². The van der Waals surface area contributed by atoms with Crippen molar-refractivity contribution in [1.82, 2.24) is 10.2 Å². The number of amides is 1. The van der Waals surface area contributed by atoms with Gasteiger partial charge in [0, 0.05) is 25.2 Å². The van der Waals surface area contributed by atoms with E-state index in [0.29, 0.717) is 0 Å². The van der Waals surface area contributed by atoms with E-state index in [1.165, 1.54) is 44.3 Å². The third kappa shape index (κ3) is 3.76. The number of anilines is 1. The summed E-state index contributed by atoms with van der Waals surface area (Å²) in [6.45, 7) is 4.10. The van der Waals surface area contributed by atoms with Crippen LogP contribution in [0.5, 0.6) is 0 Å². The number of nitrogens with zero attached hydrogens (tertiary/aromatic N) is 1. The van der Waals surface area contributed by atoms with Gasteiger partial charge in [0.25, 0.3) is 0 Å². The molecule has 114 valence electrons. The first-order valence-electron chi connectivity index (χ1n) is 8.17. The molecule has 4 heteroatoms. The van der Waals surface area contributed by atoms with E-state index in [1.807, 2.05) is 18.2 Å². The summed E-state index contributed by atoms with van der Waals surface area (Å²) in [4.78, 5) is 14.7. The molecule has 1 unspecified atom stereocenters. The number of hydrogen-bond acceptors (Lipinski definition) is 3. The zero-order chi connectivity index (χ0) is 14.5. The third-order valence-electron chi connectivity index (χ3n) is 4.51. The Morgan fingerprint density at radius 1 is 1.19 bits per heavy atom. The lowest BCUT2D eigenvalue weighted by molar-refractivity contribution is -0.121. The number of benzene rings is 1. The van der Waals surface area contributed by atoms with Crippen molar-refractivity contribution in [2.45, 2.75) is 38.1 Å². The first-order chi connectivity index (χ1) is 10.3. The number of fused-ring (bicyclic) bond motifs is 1. The minimum absolute atomic E-state index is 0.105. The number of likely N-dealkylation sites (tertiary alicyclic amines) is 1. The Morgan fingerprint density at radius 2 is 1.95 bits per heavy atom. The smallest absolute Gasteiger partial charge is 0.242 e. The molecule has 0 saturated carbocycles. The Bertz CT molecular complexity index is 456. The van der Waals surface area contributed by atoms with Gasteiger partial charge in [0.05, 0.1) is 0 Å². The van der Waals surface area contributed by atoms with Crippen molar-refractivity contribution in [3.05, 3.63) is 29.8 Å². The molecule has 2 aliphatic rings. The molecule has 1 saturated heterocycles. The van der Waals surface area contributed by atoms with Crippen LogP contribution in [0.15, 0.2) is 24.3 Å². The number of nitrogens with one attached hydrogen (secondary N) is 2. The third-order valence-corrected chi connectivity index (χ3v) is 4.51. The highest BCUT2D eigenvalue weighted by atomic mass is 16.2. The lowest BCUT2D eigenvalue weighted by atomic mass is 10.1. The van der Waals surface area contributed by atoms with Gasteiger partial charge >= 0.3 is 0 Å². The van der Waals surface area contributed by atoms with E-state index in [2.05, 4.69) is 21.6 Å². The maximum absolute atomic E-state index is 12.2. The molecule has 0 radical (unpaired) electrons. The fourth-order valence-corrected chi connectivity index (χ4v) is 3.28. The number of hydrogen-bond donors (Lipinski definition) is 2. The quantitative estimate of drug-likeness (QED) is 0.890. The average Bonchev–Trinajstić information content (AvgIpc) is 2.77. The molecule has 1 fully saturated rings. The fourth-order valence-electron chi connectivity index (χ4n) is 3.28. The van der Waals surface area contributed by atoms with E-state index in [9.17, 15) is 4.79 Å². The van der Waals surface area contributed by atoms with Gasteiger partial charge in [-0.2, -0.15) is 0 Å². The molecular formula is C17H25N3O. The Kier molecular flexibility index (Phi) is 4.76. The molecule has 0 aromatic heterocycles. The van der Waals surface area contributed by atoms with Gasteiger partial charge in [-0.3, -0.25) is 4.79 Å². The minimum atomic E-state index is -0.105. The maximum atomic E-state index is 12.2. The molecule has 0 aliphatic carbocycles. The van der Waals surface area contributed by atoms with E-state index in [-0.39, 0.29) is 11.9 Å². The second-order valence-electron chi connectivity index (χ2n) is 6.11. The van der Waals surface area contributed by atoms with Crippen molar-refractivity contribution in [2.24, 2.45) is 0 Å². The van der Waals surface area contributed by atoms with E-state index in [1.54, 1.807) is 0 Å². The number of carbonyl (C=O) groups excluding carboxylic acids is 1. The Balaban J connectivity index is 1.41. The number of para-hydroxylation sites is 1. The normalized spacial score (nSPS) is 22.2. The van der Waals surface area contributed by atoms with Crippen LogP contribution in [0.3, 0.4) is 0 Å². The van der Waals surface area contributed by atoms with Crippen LogP contribution in [0.1, 0.15) is 31.2 Å². The Morgan fingerprint density at radius 3 is 2.71 bits per heavy atom. The molecule has 3 rings (SSSR count). The molecule has 1 amide bonds. The van der Waals surface area contributed by atoms with E-state index >= 15 is 0 Å². The molecule has 0 bridgehead atoms. The number of rotatable bonds is 4. The van der Waals surface area contributed by atoms with Crippen LogP contribution in [0.2, 0.25) is 0 Å². The molecule has 21 heavy (non-hydrogen) atoms. The number of carbonyl (C=O) groups is 1. The first-order valence-corrected chi connectivity index (χ1v) is 8.17. The second kappa shape index (κ2) is 6.94. The van der Waals surface area contributed by atoms with Gasteiger partial charge in [-0.05, 0) is 37.6 Å². The molecule has 1 aromatic rings. The van der Waals surface area contributed by atoms with Crippen LogP contribution in [0, 0.1) is 0 Å². The predicted molar refractivity (Wildman–Crippen MR) is 85.5 cm³/mol. The van der Waals surface area contributed by atoms with E-state index in [0.717, 1.165) is 25.2 Å². The SMILES string of the molecule is O=C(NCCN1CCCCCC1)C1Cc2ccccc2N1. The summed E-state index contributed by atoms with van der Waals surface area (Å²) < 4.78 is 0. The topological polar surface area (TPSA) is 44.4 Å². The van der Waals surface area contributed by atoms with Crippen molar-refractivity contribution in [3.8, 4) is 0 Å². The summed E-state index contributed by atoms with van der Waals surface area (Å²) in [5.41, 5.74) is 2.34. The van der Waals surface area contributed by atoms with Crippen molar-refractivity contribution < 1.29 is 4.79 Å². The van der Waals surface area contributed by atoms with Crippen LogP contribution < -0.4 is 10.6 Å². The van der Waals surface area contributed by atoms with Crippen molar-refractivity contribution in [3.63, 3.8) is 0 Å². The van der Waals surface area contributed by atoms with Crippen LogP contribution in [0.4, 0.5) is 5.69 Å². The first kappa shape index (κ1) is 14.4. The highest BCUT2D eigenvalue weighted by molar-refractivity contribution is 5.87. The largest absolute Gasteiger partial charge is 0.373 e. The minimum Gasteiger partial charge on any atom is -0.373 e. The molecule has 1 aromatic carbocycles. The van der Waals surface area contributed by atoms with Gasteiger partial charge in [0.15, 0.2) is 0 Å². The fraction of sp³-hybridized carbons (Fsp3) is 0.588. The summed E-state index contributed by atoms with van der Waals surface area (Å²) >= 11 is 0.